The third kappa shape index (κ3) is 3.60. The summed E-state index contributed by atoms with van der Waals surface area (Å²) in [6, 6.07) is 3.68. The average Bonchev–Trinajstić information content (AvgIpc) is 2.83. The first kappa shape index (κ1) is 14.8. The van der Waals surface area contributed by atoms with Crippen LogP contribution in [0.2, 0.25) is 0 Å². The number of esters is 1. The highest BCUT2D eigenvalue weighted by molar-refractivity contribution is 5.86. The molecule has 4 heteroatoms. The molecular formula is C14H23NO3. The molecule has 0 amide bonds. The van der Waals surface area contributed by atoms with Crippen LogP contribution in [0, 0.1) is 5.92 Å². The Kier molecular flexibility index (Phi) is 5.41. The van der Waals surface area contributed by atoms with E-state index in [0.29, 0.717) is 5.92 Å². The number of ether oxygens (including phenoxy) is 1. The molecule has 0 aliphatic rings. The predicted octanol–water partition coefficient (Wildman–Crippen LogP) is 3.11. The Balaban J connectivity index is 2.78. The summed E-state index contributed by atoms with van der Waals surface area (Å²) in [6.07, 6.45) is 0. The van der Waals surface area contributed by atoms with Crippen LogP contribution in [-0.4, -0.2) is 31.1 Å². The Morgan fingerprint density at radius 1 is 1.39 bits per heavy atom. The topological polar surface area (TPSA) is 42.7 Å². The fourth-order valence-electron chi connectivity index (χ4n) is 2.00. The Labute approximate surface area is 109 Å². The molecule has 0 aliphatic carbocycles. The Morgan fingerprint density at radius 3 is 2.56 bits per heavy atom. The van der Waals surface area contributed by atoms with Gasteiger partial charge in [0.15, 0.2) is 0 Å². The van der Waals surface area contributed by atoms with Crippen molar-refractivity contribution in [1.82, 2.24) is 4.90 Å². The van der Waals surface area contributed by atoms with Gasteiger partial charge in [0.2, 0.25) is 5.76 Å². The number of hydrogen-bond donors (Lipinski definition) is 0. The first-order valence-electron chi connectivity index (χ1n) is 6.41. The van der Waals surface area contributed by atoms with Gasteiger partial charge in [-0.25, -0.2) is 4.79 Å². The Bertz CT molecular complexity index is 384. The van der Waals surface area contributed by atoms with Gasteiger partial charge in [0, 0.05) is 6.54 Å². The number of nitrogens with zero attached hydrogens (tertiary/aromatic N) is 1. The highest BCUT2D eigenvalue weighted by Gasteiger charge is 2.20. The summed E-state index contributed by atoms with van der Waals surface area (Å²) in [5, 5.41) is 0. The number of carbonyl (C=O) groups is 1. The maximum Gasteiger partial charge on any atom is 0.373 e. The Morgan fingerprint density at radius 2 is 2.06 bits per heavy atom. The second kappa shape index (κ2) is 6.59. The van der Waals surface area contributed by atoms with E-state index in [-0.39, 0.29) is 11.8 Å². The zero-order chi connectivity index (χ0) is 13.7. The number of carbonyl (C=O) groups excluding carboxylic acids is 1. The SMILES string of the molecule is CCN(CC(C)C)C(C)c1ccc(C(=O)OC)o1. The molecule has 0 bridgehead atoms. The van der Waals surface area contributed by atoms with Crippen molar-refractivity contribution in [3.8, 4) is 0 Å². The van der Waals surface area contributed by atoms with Gasteiger partial charge in [-0.3, -0.25) is 4.90 Å². The van der Waals surface area contributed by atoms with Crippen LogP contribution in [0.25, 0.3) is 0 Å². The molecule has 1 heterocycles. The van der Waals surface area contributed by atoms with Gasteiger partial charge in [0.05, 0.1) is 13.2 Å². The molecule has 0 spiro atoms. The lowest BCUT2D eigenvalue weighted by molar-refractivity contribution is 0.0558. The van der Waals surface area contributed by atoms with Crippen LogP contribution in [0.3, 0.4) is 0 Å². The maximum atomic E-state index is 11.3. The molecule has 1 atom stereocenters. The summed E-state index contributed by atoms with van der Waals surface area (Å²) in [6.45, 7) is 10.6. The van der Waals surface area contributed by atoms with Crippen LogP contribution < -0.4 is 0 Å². The molecule has 0 saturated carbocycles. The van der Waals surface area contributed by atoms with Crippen LogP contribution in [0.1, 0.15) is 50.1 Å². The van der Waals surface area contributed by atoms with Crippen molar-refractivity contribution in [2.45, 2.75) is 33.7 Å². The van der Waals surface area contributed by atoms with E-state index in [4.69, 9.17) is 4.42 Å². The van der Waals surface area contributed by atoms with Crippen molar-refractivity contribution >= 4 is 5.97 Å². The highest BCUT2D eigenvalue weighted by atomic mass is 16.5. The monoisotopic (exact) mass is 253 g/mol. The van der Waals surface area contributed by atoms with Crippen LogP contribution in [0.15, 0.2) is 16.5 Å². The first-order chi connectivity index (χ1) is 8.49. The molecule has 0 fully saturated rings. The quantitative estimate of drug-likeness (QED) is 0.731. The van der Waals surface area contributed by atoms with E-state index in [1.54, 1.807) is 6.07 Å². The van der Waals surface area contributed by atoms with Gasteiger partial charge >= 0.3 is 5.97 Å². The van der Waals surface area contributed by atoms with E-state index >= 15 is 0 Å². The van der Waals surface area contributed by atoms with Crippen molar-refractivity contribution in [3.63, 3.8) is 0 Å². The van der Waals surface area contributed by atoms with Gasteiger partial charge in [-0.05, 0) is 31.5 Å². The molecule has 0 aromatic carbocycles. The van der Waals surface area contributed by atoms with Gasteiger partial charge < -0.3 is 9.15 Å². The Hall–Kier alpha value is -1.29. The average molecular weight is 253 g/mol. The van der Waals surface area contributed by atoms with Crippen molar-refractivity contribution in [3.05, 3.63) is 23.7 Å². The molecule has 4 nitrogen and oxygen atoms in total. The highest BCUT2D eigenvalue weighted by Crippen LogP contribution is 2.23. The predicted molar refractivity (Wildman–Crippen MR) is 70.5 cm³/mol. The van der Waals surface area contributed by atoms with Gasteiger partial charge in [0.1, 0.15) is 5.76 Å². The summed E-state index contributed by atoms with van der Waals surface area (Å²) in [4.78, 5) is 13.7. The maximum absolute atomic E-state index is 11.3. The summed E-state index contributed by atoms with van der Waals surface area (Å²) in [7, 11) is 1.35. The standard InChI is InChI=1S/C14H23NO3/c1-6-15(9-10(2)3)11(4)12-7-8-13(18-12)14(16)17-5/h7-8,10-11H,6,9H2,1-5H3. The fraction of sp³-hybridized carbons (Fsp3) is 0.643. The summed E-state index contributed by atoms with van der Waals surface area (Å²) < 4.78 is 10.2. The van der Waals surface area contributed by atoms with Gasteiger partial charge in [-0.15, -0.1) is 0 Å². The molecule has 1 aromatic heterocycles. The van der Waals surface area contributed by atoms with E-state index in [9.17, 15) is 4.79 Å². The van der Waals surface area contributed by atoms with Gasteiger partial charge in [-0.2, -0.15) is 0 Å². The lowest BCUT2D eigenvalue weighted by atomic mass is 10.1. The minimum absolute atomic E-state index is 0.163. The minimum atomic E-state index is -0.430. The largest absolute Gasteiger partial charge is 0.463 e. The molecule has 1 unspecified atom stereocenters. The third-order valence-corrected chi connectivity index (χ3v) is 2.98. The molecular weight excluding hydrogens is 230 g/mol. The van der Waals surface area contributed by atoms with Crippen molar-refractivity contribution in [2.24, 2.45) is 5.92 Å². The normalized spacial score (nSPS) is 13.1. The number of rotatable bonds is 6. The number of furan rings is 1. The second-order valence-corrected chi connectivity index (χ2v) is 4.85. The van der Waals surface area contributed by atoms with Crippen molar-refractivity contribution in [2.75, 3.05) is 20.2 Å². The van der Waals surface area contributed by atoms with Crippen LogP contribution in [-0.2, 0) is 4.74 Å². The van der Waals surface area contributed by atoms with Gasteiger partial charge in [0.25, 0.3) is 0 Å². The number of methoxy groups -OCH3 is 1. The summed E-state index contributed by atoms with van der Waals surface area (Å²) in [5.74, 6) is 1.24. The molecule has 1 rings (SSSR count). The van der Waals surface area contributed by atoms with Gasteiger partial charge in [-0.1, -0.05) is 20.8 Å². The van der Waals surface area contributed by atoms with E-state index in [0.717, 1.165) is 18.8 Å². The van der Waals surface area contributed by atoms with E-state index < -0.39 is 5.97 Å². The van der Waals surface area contributed by atoms with Crippen LogP contribution in [0.4, 0.5) is 0 Å². The summed E-state index contributed by atoms with van der Waals surface area (Å²) in [5.41, 5.74) is 0. The summed E-state index contributed by atoms with van der Waals surface area (Å²) >= 11 is 0. The van der Waals surface area contributed by atoms with E-state index in [1.807, 2.05) is 6.07 Å². The first-order valence-corrected chi connectivity index (χ1v) is 6.41. The molecule has 0 aliphatic heterocycles. The minimum Gasteiger partial charge on any atom is -0.463 e. The number of hydrogen-bond acceptors (Lipinski definition) is 4. The molecule has 0 N–H and O–H groups in total. The zero-order valence-electron chi connectivity index (χ0n) is 11.9. The van der Waals surface area contributed by atoms with Crippen LogP contribution >= 0.6 is 0 Å². The van der Waals surface area contributed by atoms with E-state index in [1.165, 1.54) is 7.11 Å². The molecule has 102 valence electrons. The molecule has 1 aromatic rings. The fourth-order valence-corrected chi connectivity index (χ4v) is 2.00. The van der Waals surface area contributed by atoms with Crippen LogP contribution in [0.5, 0.6) is 0 Å². The zero-order valence-corrected chi connectivity index (χ0v) is 11.9. The van der Waals surface area contributed by atoms with Crippen molar-refractivity contribution in [1.29, 1.82) is 0 Å². The molecule has 0 radical (unpaired) electrons. The third-order valence-electron chi connectivity index (χ3n) is 2.98. The molecule has 0 saturated heterocycles. The molecule has 18 heavy (non-hydrogen) atoms. The smallest absolute Gasteiger partial charge is 0.373 e. The lowest BCUT2D eigenvalue weighted by Crippen LogP contribution is -2.30. The van der Waals surface area contributed by atoms with E-state index in [2.05, 4.69) is 37.3 Å². The second-order valence-electron chi connectivity index (χ2n) is 4.85. The lowest BCUT2D eigenvalue weighted by Gasteiger charge is -2.27. The van der Waals surface area contributed by atoms with Crippen molar-refractivity contribution < 1.29 is 13.9 Å².